The highest BCUT2D eigenvalue weighted by Crippen LogP contribution is 2.25. The van der Waals surface area contributed by atoms with Gasteiger partial charge < -0.3 is 0 Å². The molecule has 0 radical (unpaired) electrons. The van der Waals surface area contributed by atoms with Crippen LogP contribution in [0.25, 0.3) is 0 Å². The summed E-state index contributed by atoms with van der Waals surface area (Å²) in [5.74, 6) is 0.579. The maximum atomic E-state index is 12.2. The van der Waals surface area contributed by atoms with Gasteiger partial charge in [-0.25, -0.2) is 13.1 Å². The quantitative estimate of drug-likeness (QED) is 0.494. The highest BCUT2D eigenvalue weighted by atomic mass is 32.2. The van der Waals surface area contributed by atoms with Crippen molar-refractivity contribution >= 4 is 15.7 Å². The van der Waals surface area contributed by atoms with Crippen molar-refractivity contribution in [3.63, 3.8) is 0 Å². The van der Waals surface area contributed by atoms with Gasteiger partial charge >= 0.3 is 0 Å². The van der Waals surface area contributed by atoms with Crippen LogP contribution in [-0.4, -0.2) is 19.9 Å². The van der Waals surface area contributed by atoms with E-state index in [9.17, 15) is 18.5 Å². The number of sulfonamides is 1. The highest BCUT2D eigenvalue weighted by molar-refractivity contribution is 7.89. The molecule has 22 heavy (non-hydrogen) atoms. The van der Waals surface area contributed by atoms with E-state index in [-0.39, 0.29) is 10.6 Å². The lowest BCUT2D eigenvalue weighted by molar-refractivity contribution is -0.385. The number of nitro benzene ring substituents is 1. The van der Waals surface area contributed by atoms with Crippen LogP contribution in [0.5, 0.6) is 0 Å². The molecule has 1 saturated carbocycles. The number of nitrogens with zero attached hydrogens (tertiary/aromatic N) is 1. The van der Waals surface area contributed by atoms with Crippen LogP contribution in [0.3, 0.4) is 0 Å². The second-order valence-electron chi connectivity index (χ2n) is 5.80. The van der Waals surface area contributed by atoms with Crippen LogP contribution in [0.15, 0.2) is 29.2 Å². The van der Waals surface area contributed by atoms with Crippen molar-refractivity contribution in [2.24, 2.45) is 5.92 Å². The number of nitrogens with one attached hydrogen (secondary N) is 1. The molecule has 0 bridgehead atoms. The molecule has 0 spiro atoms. The molecular formula is C15H22N2O4S. The van der Waals surface area contributed by atoms with Gasteiger partial charge in [-0.05, 0) is 18.4 Å². The zero-order valence-corrected chi connectivity index (χ0v) is 13.3. The Morgan fingerprint density at radius 3 is 2.50 bits per heavy atom. The molecule has 0 atom stereocenters. The molecular weight excluding hydrogens is 304 g/mol. The third-order valence-electron chi connectivity index (χ3n) is 4.16. The third kappa shape index (κ3) is 4.78. The first-order valence-corrected chi connectivity index (χ1v) is 9.21. The van der Waals surface area contributed by atoms with Gasteiger partial charge in [-0.15, -0.1) is 0 Å². The van der Waals surface area contributed by atoms with Crippen molar-refractivity contribution in [3.05, 3.63) is 34.4 Å². The van der Waals surface area contributed by atoms with Crippen molar-refractivity contribution in [2.45, 2.75) is 49.8 Å². The fourth-order valence-electron chi connectivity index (χ4n) is 2.90. The SMILES string of the molecule is O=[N+]([O-])c1cccc(S(=O)(=O)NCCC2CCCCCC2)c1. The maximum Gasteiger partial charge on any atom is 0.270 e. The number of nitro groups is 1. The summed E-state index contributed by atoms with van der Waals surface area (Å²) in [4.78, 5) is 10.1. The van der Waals surface area contributed by atoms with E-state index >= 15 is 0 Å². The summed E-state index contributed by atoms with van der Waals surface area (Å²) >= 11 is 0. The molecule has 1 aromatic rings. The number of non-ortho nitro benzene ring substituents is 1. The first-order chi connectivity index (χ1) is 10.5. The van der Waals surface area contributed by atoms with Crippen LogP contribution >= 0.6 is 0 Å². The molecule has 1 fully saturated rings. The molecule has 0 aliphatic heterocycles. The van der Waals surface area contributed by atoms with Gasteiger partial charge in [0.05, 0.1) is 9.82 Å². The second kappa shape index (κ2) is 7.69. The van der Waals surface area contributed by atoms with Crippen LogP contribution in [0.2, 0.25) is 0 Å². The van der Waals surface area contributed by atoms with Crippen LogP contribution in [0.1, 0.15) is 44.9 Å². The van der Waals surface area contributed by atoms with E-state index in [2.05, 4.69) is 4.72 Å². The minimum Gasteiger partial charge on any atom is -0.258 e. The van der Waals surface area contributed by atoms with Crippen LogP contribution in [0, 0.1) is 16.0 Å². The van der Waals surface area contributed by atoms with E-state index < -0.39 is 14.9 Å². The summed E-state index contributed by atoms with van der Waals surface area (Å²) < 4.78 is 26.9. The fourth-order valence-corrected chi connectivity index (χ4v) is 3.98. The Hall–Kier alpha value is -1.47. The summed E-state index contributed by atoms with van der Waals surface area (Å²) in [5, 5.41) is 10.7. The number of rotatable bonds is 6. The lowest BCUT2D eigenvalue weighted by Crippen LogP contribution is -2.26. The van der Waals surface area contributed by atoms with E-state index in [0.717, 1.165) is 12.5 Å². The van der Waals surface area contributed by atoms with Gasteiger partial charge in [-0.2, -0.15) is 0 Å². The Labute approximate surface area is 131 Å². The van der Waals surface area contributed by atoms with Crippen molar-refractivity contribution in [3.8, 4) is 0 Å². The molecule has 1 N–H and O–H groups in total. The molecule has 0 aromatic heterocycles. The summed E-state index contributed by atoms with van der Waals surface area (Å²) in [6.07, 6.45) is 8.15. The number of benzene rings is 1. The summed E-state index contributed by atoms with van der Waals surface area (Å²) in [6.45, 7) is 0.385. The zero-order chi connectivity index (χ0) is 16.0. The van der Waals surface area contributed by atoms with E-state index in [4.69, 9.17) is 0 Å². The molecule has 7 heteroatoms. The highest BCUT2D eigenvalue weighted by Gasteiger charge is 2.18. The Morgan fingerprint density at radius 2 is 1.86 bits per heavy atom. The molecule has 1 aliphatic carbocycles. The Kier molecular flexibility index (Phi) is 5.90. The third-order valence-corrected chi connectivity index (χ3v) is 5.62. The van der Waals surface area contributed by atoms with Gasteiger partial charge in [0.15, 0.2) is 0 Å². The molecule has 0 heterocycles. The van der Waals surface area contributed by atoms with Gasteiger partial charge in [-0.1, -0.05) is 44.6 Å². The van der Waals surface area contributed by atoms with Crippen molar-refractivity contribution in [1.29, 1.82) is 0 Å². The predicted octanol–water partition coefficient (Wildman–Crippen LogP) is 3.23. The summed E-state index contributed by atoms with van der Waals surface area (Å²) in [7, 11) is -3.68. The second-order valence-corrected chi connectivity index (χ2v) is 7.57. The first kappa shape index (κ1) is 16.9. The van der Waals surface area contributed by atoms with E-state index in [1.54, 1.807) is 0 Å². The number of hydrogen-bond donors (Lipinski definition) is 1. The number of hydrogen-bond acceptors (Lipinski definition) is 4. The Morgan fingerprint density at radius 1 is 1.18 bits per heavy atom. The fraction of sp³-hybridized carbons (Fsp3) is 0.600. The Balaban J connectivity index is 1.93. The molecule has 1 aliphatic rings. The minimum absolute atomic E-state index is 0.0532. The molecule has 0 amide bonds. The smallest absolute Gasteiger partial charge is 0.258 e. The average molecular weight is 326 g/mol. The largest absolute Gasteiger partial charge is 0.270 e. The Bertz CT molecular complexity index is 608. The molecule has 1 aromatic carbocycles. The molecule has 6 nitrogen and oxygen atoms in total. The van der Waals surface area contributed by atoms with Crippen LogP contribution < -0.4 is 4.72 Å². The molecule has 0 saturated heterocycles. The van der Waals surface area contributed by atoms with Crippen LogP contribution in [-0.2, 0) is 10.0 Å². The van der Waals surface area contributed by atoms with Gasteiger partial charge in [-0.3, -0.25) is 10.1 Å². The van der Waals surface area contributed by atoms with E-state index in [1.165, 1.54) is 56.7 Å². The van der Waals surface area contributed by atoms with Crippen molar-refractivity contribution in [2.75, 3.05) is 6.54 Å². The summed E-state index contributed by atoms with van der Waals surface area (Å²) in [6, 6.07) is 5.14. The zero-order valence-electron chi connectivity index (χ0n) is 12.5. The van der Waals surface area contributed by atoms with Gasteiger partial charge in [0.25, 0.3) is 5.69 Å². The van der Waals surface area contributed by atoms with Gasteiger partial charge in [0, 0.05) is 18.7 Å². The van der Waals surface area contributed by atoms with E-state index in [1.807, 2.05) is 0 Å². The van der Waals surface area contributed by atoms with Crippen molar-refractivity contribution < 1.29 is 13.3 Å². The average Bonchev–Trinajstić information content (AvgIpc) is 2.76. The lowest BCUT2D eigenvalue weighted by Gasteiger charge is -2.14. The monoisotopic (exact) mass is 326 g/mol. The van der Waals surface area contributed by atoms with E-state index in [0.29, 0.717) is 12.5 Å². The minimum atomic E-state index is -3.68. The van der Waals surface area contributed by atoms with Gasteiger partial charge in [0.1, 0.15) is 0 Å². The predicted molar refractivity (Wildman–Crippen MR) is 84.1 cm³/mol. The van der Waals surface area contributed by atoms with Gasteiger partial charge in [0.2, 0.25) is 10.0 Å². The lowest BCUT2D eigenvalue weighted by atomic mass is 9.97. The summed E-state index contributed by atoms with van der Waals surface area (Å²) in [5.41, 5.74) is -0.216. The molecule has 122 valence electrons. The standard InChI is InChI=1S/C15H22N2O4S/c18-17(19)14-8-5-9-15(12-14)22(20,21)16-11-10-13-6-3-1-2-4-7-13/h5,8-9,12-13,16H,1-4,6-7,10-11H2. The maximum absolute atomic E-state index is 12.2. The normalized spacial score (nSPS) is 17.1. The molecule has 0 unspecified atom stereocenters. The van der Waals surface area contributed by atoms with Crippen molar-refractivity contribution in [1.82, 2.24) is 4.72 Å². The molecule has 2 rings (SSSR count). The first-order valence-electron chi connectivity index (χ1n) is 7.73. The van der Waals surface area contributed by atoms with Crippen LogP contribution in [0.4, 0.5) is 5.69 Å². The topological polar surface area (TPSA) is 89.3 Å².